The van der Waals surface area contributed by atoms with Crippen LogP contribution in [0.1, 0.15) is 21.6 Å². The molecule has 9 heteroatoms. The number of aromatic carboxylic acids is 1. The van der Waals surface area contributed by atoms with E-state index in [1.165, 1.54) is 12.1 Å². The van der Waals surface area contributed by atoms with Crippen LogP contribution >= 0.6 is 15.9 Å². The summed E-state index contributed by atoms with van der Waals surface area (Å²) in [6.07, 6.45) is 0. The highest BCUT2D eigenvalue weighted by atomic mass is 79.9. The van der Waals surface area contributed by atoms with E-state index in [1.807, 2.05) is 41.8 Å². The molecule has 1 aliphatic rings. The van der Waals surface area contributed by atoms with Crippen molar-refractivity contribution in [2.75, 3.05) is 31.2 Å². The Morgan fingerprint density at radius 1 is 1.00 bits per heavy atom. The van der Waals surface area contributed by atoms with Crippen LogP contribution < -0.4 is 9.64 Å². The molecule has 0 atom stereocenters. The molecule has 1 N–H and O–H groups in total. The Kier molecular flexibility index (Phi) is 7.49. The van der Waals surface area contributed by atoms with Gasteiger partial charge in [-0.25, -0.2) is 13.6 Å². The van der Waals surface area contributed by atoms with E-state index < -0.39 is 17.6 Å². The molecule has 1 aliphatic heterocycles. The molecule has 2 heterocycles. The number of rotatable bonds is 7. The van der Waals surface area contributed by atoms with E-state index >= 15 is 0 Å². The summed E-state index contributed by atoms with van der Waals surface area (Å²) >= 11 is 3.53. The van der Waals surface area contributed by atoms with Crippen molar-refractivity contribution >= 4 is 27.6 Å². The summed E-state index contributed by atoms with van der Waals surface area (Å²) in [7, 11) is 0. The highest BCUT2D eigenvalue weighted by Crippen LogP contribution is 2.37. The molecule has 0 unspecified atom stereocenters. The highest BCUT2D eigenvalue weighted by Gasteiger charge is 2.20. The summed E-state index contributed by atoms with van der Waals surface area (Å²) in [5.41, 5.74) is 4.30. The minimum Gasteiger partial charge on any atom is -0.488 e. The molecular weight excluding hydrogens is 558 g/mol. The number of carbonyl (C=O) groups is 1. The second-order valence-electron chi connectivity index (χ2n) is 9.00. The van der Waals surface area contributed by atoms with Gasteiger partial charge in [0.05, 0.1) is 24.5 Å². The maximum Gasteiger partial charge on any atom is 0.335 e. The first-order valence-corrected chi connectivity index (χ1v) is 12.9. The molecule has 1 aromatic heterocycles. The van der Waals surface area contributed by atoms with Gasteiger partial charge in [0.1, 0.15) is 24.0 Å². The van der Waals surface area contributed by atoms with Gasteiger partial charge in [0.2, 0.25) is 0 Å². The predicted octanol–water partition coefficient (Wildman–Crippen LogP) is 6.61. The fraction of sp³-hybridized carbons (Fsp3) is 0.207. The zero-order valence-electron chi connectivity index (χ0n) is 20.6. The largest absolute Gasteiger partial charge is 0.488 e. The van der Waals surface area contributed by atoms with E-state index in [4.69, 9.17) is 9.47 Å². The second kappa shape index (κ2) is 11.0. The van der Waals surface area contributed by atoms with Gasteiger partial charge in [0.25, 0.3) is 0 Å². The molecule has 0 radical (unpaired) electrons. The molecule has 196 valence electrons. The maximum atomic E-state index is 14.2. The lowest BCUT2D eigenvalue weighted by Crippen LogP contribution is -2.36. The fourth-order valence-electron chi connectivity index (χ4n) is 4.57. The SMILES string of the molecule is Cc1ccc(-c2cc(Br)ccc2OCc2ccc(F)cc2F)n1-c1cc(C(=O)O)cc(N2CCOCC2)c1. The normalized spacial score (nSPS) is 13.5. The standard InChI is InChI=1S/C29H25BrF2N2O4/c1-18-2-6-27(25-14-21(30)4-7-28(25)38-17-19-3-5-22(31)15-26(19)32)34(18)24-13-20(29(35)36)12-23(16-24)33-8-10-37-11-9-33/h2-7,12-16H,8-11,17H2,1H3,(H,35,36). The average Bonchev–Trinajstić information content (AvgIpc) is 3.30. The van der Waals surface area contributed by atoms with E-state index in [2.05, 4.69) is 20.8 Å². The van der Waals surface area contributed by atoms with Gasteiger partial charge in [-0.2, -0.15) is 0 Å². The number of carboxylic acids is 1. The lowest BCUT2D eigenvalue weighted by Gasteiger charge is -2.29. The highest BCUT2D eigenvalue weighted by molar-refractivity contribution is 9.10. The lowest BCUT2D eigenvalue weighted by atomic mass is 10.1. The van der Waals surface area contributed by atoms with Crippen molar-refractivity contribution in [2.45, 2.75) is 13.5 Å². The summed E-state index contributed by atoms with van der Waals surface area (Å²) in [5, 5.41) is 9.85. The summed E-state index contributed by atoms with van der Waals surface area (Å²) in [4.78, 5) is 14.1. The van der Waals surface area contributed by atoms with E-state index in [9.17, 15) is 18.7 Å². The molecule has 0 amide bonds. The van der Waals surface area contributed by atoms with Crippen LogP contribution in [0.2, 0.25) is 0 Å². The number of aromatic nitrogens is 1. The number of hydrogen-bond acceptors (Lipinski definition) is 4. The third kappa shape index (κ3) is 5.44. The van der Waals surface area contributed by atoms with Crippen molar-refractivity contribution in [1.29, 1.82) is 0 Å². The minimum absolute atomic E-state index is 0.0872. The van der Waals surface area contributed by atoms with Crippen LogP contribution in [-0.2, 0) is 11.3 Å². The van der Waals surface area contributed by atoms with Crippen molar-refractivity contribution in [3.05, 3.63) is 99.7 Å². The van der Waals surface area contributed by atoms with Crippen LogP contribution in [0.25, 0.3) is 16.9 Å². The molecule has 1 fully saturated rings. The smallest absolute Gasteiger partial charge is 0.335 e. The third-order valence-electron chi connectivity index (χ3n) is 6.48. The van der Waals surface area contributed by atoms with E-state index in [-0.39, 0.29) is 17.7 Å². The van der Waals surface area contributed by atoms with Crippen molar-refractivity contribution < 1.29 is 28.2 Å². The number of carboxylic acid groups (broad SMARTS) is 1. The van der Waals surface area contributed by atoms with Gasteiger partial charge in [0, 0.05) is 51.8 Å². The molecule has 3 aromatic carbocycles. The van der Waals surface area contributed by atoms with E-state index in [1.54, 1.807) is 18.2 Å². The van der Waals surface area contributed by atoms with Crippen molar-refractivity contribution in [3.8, 4) is 22.7 Å². The first-order chi connectivity index (χ1) is 18.3. The number of anilines is 1. The Morgan fingerprint density at radius 3 is 2.50 bits per heavy atom. The van der Waals surface area contributed by atoms with Gasteiger partial charge < -0.3 is 24.0 Å². The minimum atomic E-state index is -1.01. The number of morpholine rings is 1. The van der Waals surface area contributed by atoms with Gasteiger partial charge in [-0.1, -0.05) is 15.9 Å². The monoisotopic (exact) mass is 582 g/mol. The van der Waals surface area contributed by atoms with Crippen LogP contribution in [0, 0.1) is 18.6 Å². The molecule has 38 heavy (non-hydrogen) atoms. The summed E-state index contributed by atoms with van der Waals surface area (Å²) in [6.45, 7) is 4.35. The second-order valence-corrected chi connectivity index (χ2v) is 9.92. The first kappa shape index (κ1) is 25.9. The molecule has 4 aromatic rings. The number of benzene rings is 3. The molecule has 5 rings (SSSR count). The summed E-state index contributed by atoms with van der Waals surface area (Å²) in [5.74, 6) is -1.84. The number of nitrogens with zero attached hydrogens (tertiary/aromatic N) is 2. The van der Waals surface area contributed by atoms with Gasteiger partial charge >= 0.3 is 5.97 Å². The molecular formula is C29H25BrF2N2O4. The zero-order chi connectivity index (χ0) is 26.8. The summed E-state index contributed by atoms with van der Waals surface area (Å²) < 4.78 is 41.8. The predicted molar refractivity (Wildman–Crippen MR) is 144 cm³/mol. The summed E-state index contributed by atoms with van der Waals surface area (Å²) in [6, 6.07) is 18.1. The maximum absolute atomic E-state index is 14.2. The number of aryl methyl sites for hydroxylation is 1. The van der Waals surface area contributed by atoms with Crippen LogP contribution in [-0.4, -0.2) is 41.9 Å². The molecule has 0 aliphatic carbocycles. The fourth-order valence-corrected chi connectivity index (χ4v) is 4.93. The van der Waals surface area contributed by atoms with Crippen LogP contribution in [0.3, 0.4) is 0 Å². The Hall–Kier alpha value is -3.69. The average molecular weight is 583 g/mol. The quantitative estimate of drug-likeness (QED) is 0.266. The molecule has 0 saturated carbocycles. The number of ether oxygens (including phenoxy) is 2. The molecule has 6 nitrogen and oxygen atoms in total. The zero-order valence-corrected chi connectivity index (χ0v) is 22.2. The van der Waals surface area contributed by atoms with Crippen molar-refractivity contribution in [3.63, 3.8) is 0 Å². The molecule has 1 saturated heterocycles. The van der Waals surface area contributed by atoms with E-state index in [0.717, 1.165) is 33.2 Å². The Bertz CT molecular complexity index is 1500. The lowest BCUT2D eigenvalue weighted by molar-refractivity contribution is 0.0697. The van der Waals surface area contributed by atoms with Gasteiger partial charge in [0.15, 0.2) is 0 Å². The molecule has 0 bridgehead atoms. The Morgan fingerprint density at radius 2 is 1.76 bits per heavy atom. The van der Waals surface area contributed by atoms with Gasteiger partial charge in [-0.05, 0) is 67.6 Å². The third-order valence-corrected chi connectivity index (χ3v) is 6.97. The van der Waals surface area contributed by atoms with Gasteiger partial charge in [-0.15, -0.1) is 0 Å². The topological polar surface area (TPSA) is 63.9 Å². The van der Waals surface area contributed by atoms with E-state index in [0.29, 0.717) is 37.7 Å². The first-order valence-electron chi connectivity index (χ1n) is 12.1. The number of hydrogen-bond donors (Lipinski definition) is 1. The Balaban J connectivity index is 1.57. The van der Waals surface area contributed by atoms with Crippen LogP contribution in [0.15, 0.2) is 71.2 Å². The Labute approximate surface area is 227 Å². The van der Waals surface area contributed by atoms with Crippen molar-refractivity contribution in [1.82, 2.24) is 4.57 Å². The molecule has 0 spiro atoms. The van der Waals surface area contributed by atoms with Crippen molar-refractivity contribution in [2.24, 2.45) is 0 Å². The van der Waals surface area contributed by atoms with Crippen LogP contribution in [0.4, 0.5) is 14.5 Å². The van der Waals surface area contributed by atoms with Gasteiger partial charge in [-0.3, -0.25) is 0 Å². The number of halogens is 3. The van der Waals surface area contributed by atoms with Crippen LogP contribution in [0.5, 0.6) is 5.75 Å².